The van der Waals surface area contributed by atoms with Crippen molar-refractivity contribution >= 4 is 0 Å². The van der Waals surface area contributed by atoms with Gasteiger partial charge in [-0.2, -0.15) is 0 Å². The molecule has 0 aromatic rings. The molecule has 0 aromatic carbocycles. The van der Waals surface area contributed by atoms with E-state index >= 15 is 0 Å². The lowest BCUT2D eigenvalue weighted by Crippen LogP contribution is -2.31. The van der Waals surface area contributed by atoms with Gasteiger partial charge in [-0.3, -0.25) is 0 Å². The molecule has 0 saturated heterocycles. The van der Waals surface area contributed by atoms with Crippen molar-refractivity contribution in [2.45, 2.75) is 31.5 Å². The molecule has 2 aliphatic heterocycles. The Morgan fingerprint density at radius 3 is 2.83 bits per heavy atom. The van der Waals surface area contributed by atoms with E-state index in [9.17, 15) is 0 Å². The van der Waals surface area contributed by atoms with Gasteiger partial charge in [0.05, 0.1) is 12.9 Å². The average molecular weight is 166 g/mol. The molecular formula is C10H14O2. The Labute approximate surface area is 72.9 Å². The summed E-state index contributed by atoms with van der Waals surface area (Å²) in [5, 5.41) is 0. The monoisotopic (exact) mass is 166 g/mol. The van der Waals surface area contributed by atoms with Crippen molar-refractivity contribution < 1.29 is 9.47 Å². The van der Waals surface area contributed by atoms with Gasteiger partial charge in [-0.05, 0) is 25.3 Å². The van der Waals surface area contributed by atoms with Crippen LogP contribution in [0.4, 0.5) is 0 Å². The minimum Gasteiger partial charge on any atom is -0.495 e. The predicted octanol–water partition coefficient (Wildman–Crippen LogP) is 2.02. The van der Waals surface area contributed by atoms with Crippen LogP contribution in [0.1, 0.15) is 19.3 Å². The third-order valence-electron chi connectivity index (χ3n) is 2.25. The molecule has 2 heterocycles. The van der Waals surface area contributed by atoms with E-state index < -0.39 is 0 Å². The van der Waals surface area contributed by atoms with E-state index in [1.54, 1.807) is 6.26 Å². The Hall–Kier alpha value is -0.760. The van der Waals surface area contributed by atoms with Crippen LogP contribution in [0.25, 0.3) is 0 Å². The van der Waals surface area contributed by atoms with Crippen molar-refractivity contribution in [3.8, 4) is 0 Å². The maximum atomic E-state index is 5.57. The summed E-state index contributed by atoms with van der Waals surface area (Å²) < 4.78 is 11.0. The molecule has 0 aromatic heterocycles. The van der Waals surface area contributed by atoms with Gasteiger partial charge in [-0.15, -0.1) is 0 Å². The maximum Gasteiger partial charge on any atom is 0.128 e. The largest absolute Gasteiger partial charge is 0.495 e. The van der Waals surface area contributed by atoms with Crippen LogP contribution in [-0.4, -0.2) is 18.8 Å². The molecular weight excluding hydrogens is 152 g/mol. The first-order chi connectivity index (χ1) is 5.97. The van der Waals surface area contributed by atoms with E-state index in [0.717, 1.165) is 25.9 Å². The first-order valence-corrected chi connectivity index (χ1v) is 4.55. The quantitative estimate of drug-likeness (QED) is 0.555. The fourth-order valence-corrected chi connectivity index (χ4v) is 1.58. The Morgan fingerprint density at radius 2 is 2.17 bits per heavy atom. The molecule has 0 fully saturated rings. The molecule has 2 rings (SSSR count). The van der Waals surface area contributed by atoms with Crippen LogP contribution in [0.2, 0.25) is 0 Å². The SMILES string of the molecule is C1=CC(C2CCC=CO2)OCC1. The highest BCUT2D eigenvalue weighted by Crippen LogP contribution is 2.19. The van der Waals surface area contributed by atoms with E-state index in [0.29, 0.717) is 0 Å². The Balaban J connectivity index is 1.94. The normalized spacial score (nSPS) is 34.7. The van der Waals surface area contributed by atoms with E-state index in [1.165, 1.54) is 0 Å². The molecule has 0 amide bonds. The molecule has 2 unspecified atom stereocenters. The molecule has 66 valence electrons. The van der Waals surface area contributed by atoms with Crippen molar-refractivity contribution in [1.29, 1.82) is 0 Å². The number of allylic oxidation sites excluding steroid dienone is 1. The first kappa shape index (κ1) is 7.87. The van der Waals surface area contributed by atoms with E-state index in [4.69, 9.17) is 9.47 Å². The zero-order chi connectivity index (χ0) is 8.23. The minimum atomic E-state index is 0.184. The van der Waals surface area contributed by atoms with Crippen LogP contribution in [0.5, 0.6) is 0 Å². The fraction of sp³-hybridized carbons (Fsp3) is 0.600. The van der Waals surface area contributed by atoms with Crippen molar-refractivity contribution in [3.05, 3.63) is 24.5 Å². The minimum absolute atomic E-state index is 0.184. The smallest absolute Gasteiger partial charge is 0.128 e. The molecule has 0 saturated carbocycles. The molecule has 0 radical (unpaired) electrons. The van der Waals surface area contributed by atoms with Gasteiger partial charge < -0.3 is 9.47 Å². The highest BCUT2D eigenvalue weighted by atomic mass is 16.5. The standard InChI is InChI=1S/C10H14O2/c1-3-7-11-9(5-1)10-6-2-4-8-12-10/h1,4-5,8-10H,2-3,6-7H2. The Morgan fingerprint density at radius 1 is 1.17 bits per heavy atom. The number of rotatable bonds is 1. The van der Waals surface area contributed by atoms with E-state index in [2.05, 4.69) is 18.2 Å². The van der Waals surface area contributed by atoms with Gasteiger partial charge in [0.2, 0.25) is 0 Å². The lowest BCUT2D eigenvalue weighted by atomic mass is 10.0. The van der Waals surface area contributed by atoms with Gasteiger partial charge in [-0.1, -0.05) is 12.2 Å². The van der Waals surface area contributed by atoms with Crippen molar-refractivity contribution in [1.82, 2.24) is 0 Å². The van der Waals surface area contributed by atoms with Crippen LogP contribution in [0.15, 0.2) is 24.5 Å². The maximum absolute atomic E-state index is 5.57. The Bertz CT molecular complexity index is 196. The third-order valence-corrected chi connectivity index (χ3v) is 2.25. The summed E-state index contributed by atoms with van der Waals surface area (Å²) in [6.45, 7) is 0.838. The summed E-state index contributed by atoms with van der Waals surface area (Å²) in [6.07, 6.45) is 11.8. The second kappa shape index (κ2) is 3.76. The van der Waals surface area contributed by atoms with Gasteiger partial charge in [-0.25, -0.2) is 0 Å². The van der Waals surface area contributed by atoms with Gasteiger partial charge in [0.15, 0.2) is 0 Å². The molecule has 2 aliphatic rings. The molecule has 0 spiro atoms. The highest BCUT2D eigenvalue weighted by molar-refractivity contribution is 4.99. The third kappa shape index (κ3) is 1.69. The molecule has 2 heteroatoms. The van der Waals surface area contributed by atoms with Gasteiger partial charge >= 0.3 is 0 Å². The zero-order valence-corrected chi connectivity index (χ0v) is 7.11. The van der Waals surface area contributed by atoms with Gasteiger partial charge in [0.1, 0.15) is 12.2 Å². The summed E-state index contributed by atoms with van der Waals surface area (Å²) >= 11 is 0. The van der Waals surface area contributed by atoms with Crippen molar-refractivity contribution in [2.24, 2.45) is 0 Å². The first-order valence-electron chi connectivity index (χ1n) is 4.55. The summed E-state index contributed by atoms with van der Waals surface area (Å²) in [4.78, 5) is 0. The topological polar surface area (TPSA) is 18.5 Å². The van der Waals surface area contributed by atoms with Crippen molar-refractivity contribution in [3.63, 3.8) is 0 Å². The summed E-state index contributed by atoms with van der Waals surface area (Å²) in [7, 11) is 0. The lowest BCUT2D eigenvalue weighted by molar-refractivity contribution is -0.0282. The number of hydrogen-bond donors (Lipinski definition) is 0. The van der Waals surface area contributed by atoms with E-state index in [1.807, 2.05) is 0 Å². The second-order valence-electron chi connectivity index (χ2n) is 3.18. The van der Waals surface area contributed by atoms with Gasteiger partial charge in [0, 0.05) is 0 Å². The van der Waals surface area contributed by atoms with Crippen LogP contribution < -0.4 is 0 Å². The number of hydrogen-bond acceptors (Lipinski definition) is 2. The highest BCUT2D eigenvalue weighted by Gasteiger charge is 2.22. The van der Waals surface area contributed by atoms with Crippen LogP contribution in [-0.2, 0) is 9.47 Å². The molecule has 2 nitrogen and oxygen atoms in total. The lowest BCUT2D eigenvalue weighted by Gasteiger charge is -2.28. The summed E-state index contributed by atoms with van der Waals surface area (Å²) in [6, 6.07) is 0. The summed E-state index contributed by atoms with van der Waals surface area (Å²) in [5.41, 5.74) is 0. The molecule has 0 N–H and O–H groups in total. The average Bonchev–Trinajstić information content (AvgIpc) is 2.21. The zero-order valence-electron chi connectivity index (χ0n) is 7.11. The number of ether oxygens (including phenoxy) is 2. The molecule has 12 heavy (non-hydrogen) atoms. The predicted molar refractivity (Wildman–Crippen MR) is 46.7 cm³/mol. The van der Waals surface area contributed by atoms with Crippen LogP contribution >= 0.6 is 0 Å². The van der Waals surface area contributed by atoms with Crippen molar-refractivity contribution in [2.75, 3.05) is 6.61 Å². The molecule has 2 atom stereocenters. The summed E-state index contributed by atoms with van der Waals surface area (Å²) in [5.74, 6) is 0. The Kier molecular flexibility index (Phi) is 2.47. The van der Waals surface area contributed by atoms with Crippen LogP contribution in [0, 0.1) is 0 Å². The second-order valence-corrected chi connectivity index (χ2v) is 3.18. The van der Waals surface area contributed by atoms with Gasteiger partial charge in [0.25, 0.3) is 0 Å². The molecule has 0 aliphatic carbocycles. The fourth-order valence-electron chi connectivity index (χ4n) is 1.58. The van der Waals surface area contributed by atoms with E-state index in [-0.39, 0.29) is 12.2 Å². The molecule has 0 bridgehead atoms. The van der Waals surface area contributed by atoms with Crippen LogP contribution in [0.3, 0.4) is 0 Å².